The Morgan fingerprint density at radius 3 is 2.39 bits per heavy atom. The molecule has 2 N–H and O–H groups in total. The summed E-state index contributed by atoms with van der Waals surface area (Å²) in [5.74, 6) is -1.80. The van der Waals surface area contributed by atoms with Gasteiger partial charge in [0.1, 0.15) is 11.9 Å². The van der Waals surface area contributed by atoms with Gasteiger partial charge in [-0.15, -0.1) is 0 Å². The van der Waals surface area contributed by atoms with Crippen LogP contribution in [0.3, 0.4) is 0 Å². The van der Waals surface area contributed by atoms with E-state index in [-0.39, 0.29) is 27.8 Å². The van der Waals surface area contributed by atoms with Gasteiger partial charge in [-0.1, -0.05) is 11.6 Å². The molecule has 0 heterocycles. The van der Waals surface area contributed by atoms with Crippen molar-refractivity contribution >= 4 is 39.2 Å². The second-order valence-electron chi connectivity index (χ2n) is 5.71. The van der Waals surface area contributed by atoms with Gasteiger partial charge in [-0.05, 0) is 56.3 Å². The van der Waals surface area contributed by atoms with Gasteiger partial charge in [0, 0.05) is 11.3 Å². The van der Waals surface area contributed by atoms with E-state index in [0.29, 0.717) is 0 Å². The van der Waals surface area contributed by atoms with Crippen molar-refractivity contribution in [3.63, 3.8) is 0 Å². The van der Waals surface area contributed by atoms with Crippen LogP contribution in [0.1, 0.15) is 24.2 Å². The zero-order valence-electron chi connectivity index (χ0n) is 15.0. The van der Waals surface area contributed by atoms with Crippen LogP contribution in [-0.4, -0.2) is 32.9 Å². The number of halogens is 2. The number of benzene rings is 2. The van der Waals surface area contributed by atoms with Gasteiger partial charge in [-0.25, -0.2) is 17.6 Å². The Hall–Kier alpha value is -2.65. The molecule has 2 rings (SSSR count). The van der Waals surface area contributed by atoms with E-state index in [1.165, 1.54) is 31.2 Å². The zero-order chi connectivity index (χ0) is 20.9. The molecule has 2 aromatic rings. The van der Waals surface area contributed by atoms with Gasteiger partial charge in [0.2, 0.25) is 0 Å². The van der Waals surface area contributed by atoms with Crippen LogP contribution in [0.5, 0.6) is 0 Å². The second kappa shape index (κ2) is 9.03. The molecule has 0 aliphatic carbocycles. The van der Waals surface area contributed by atoms with Crippen LogP contribution in [0, 0.1) is 5.82 Å². The summed E-state index contributed by atoms with van der Waals surface area (Å²) in [6.45, 7) is 3.35. The maximum atomic E-state index is 13.2. The number of hydrogen-bond donors (Lipinski definition) is 2. The van der Waals surface area contributed by atoms with Crippen LogP contribution < -0.4 is 10.0 Å². The van der Waals surface area contributed by atoms with Crippen molar-refractivity contribution in [1.29, 1.82) is 0 Å². The number of esters is 1. The third-order valence-corrected chi connectivity index (χ3v) is 5.26. The van der Waals surface area contributed by atoms with Gasteiger partial charge < -0.3 is 10.1 Å². The summed E-state index contributed by atoms with van der Waals surface area (Å²) >= 11 is 5.62. The molecule has 0 saturated carbocycles. The maximum Gasteiger partial charge on any atom is 0.328 e. The average molecular weight is 429 g/mol. The number of amides is 1. The van der Waals surface area contributed by atoms with Crippen LogP contribution in [0.4, 0.5) is 10.1 Å². The highest BCUT2D eigenvalue weighted by Crippen LogP contribution is 2.22. The van der Waals surface area contributed by atoms with Crippen LogP contribution >= 0.6 is 11.6 Å². The first-order valence-corrected chi connectivity index (χ1v) is 10.1. The summed E-state index contributed by atoms with van der Waals surface area (Å²) in [7, 11) is -3.99. The third kappa shape index (κ3) is 5.43. The minimum atomic E-state index is -3.99. The molecule has 7 nitrogen and oxygen atoms in total. The average Bonchev–Trinajstić information content (AvgIpc) is 2.64. The smallest absolute Gasteiger partial charge is 0.328 e. The second-order valence-corrected chi connectivity index (χ2v) is 7.80. The van der Waals surface area contributed by atoms with Gasteiger partial charge in [0.15, 0.2) is 0 Å². The monoisotopic (exact) mass is 428 g/mol. The quantitative estimate of drug-likeness (QED) is 0.660. The normalized spacial score (nSPS) is 12.1. The molecule has 0 radical (unpaired) electrons. The number of hydrogen-bond acceptors (Lipinski definition) is 5. The minimum absolute atomic E-state index is 0.190. The fourth-order valence-corrected chi connectivity index (χ4v) is 3.48. The van der Waals surface area contributed by atoms with Gasteiger partial charge >= 0.3 is 5.97 Å². The first-order chi connectivity index (χ1) is 13.1. The summed E-state index contributed by atoms with van der Waals surface area (Å²) in [6, 6.07) is 7.76. The summed E-state index contributed by atoms with van der Waals surface area (Å²) in [5.41, 5.74) is 0.416. The zero-order valence-corrected chi connectivity index (χ0v) is 16.6. The lowest BCUT2D eigenvalue weighted by molar-refractivity contribution is -0.144. The number of nitrogens with one attached hydrogen (secondary N) is 2. The fraction of sp³-hybridized carbons (Fsp3) is 0.222. The minimum Gasteiger partial charge on any atom is -0.464 e. The summed E-state index contributed by atoms with van der Waals surface area (Å²) < 4.78 is 45.0. The number of ether oxygens (including phenoxy) is 1. The van der Waals surface area contributed by atoms with E-state index < -0.39 is 33.8 Å². The van der Waals surface area contributed by atoms with Gasteiger partial charge in [-0.2, -0.15) is 0 Å². The lowest BCUT2D eigenvalue weighted by atomic mass is 10.2. The molecular formula is C18H18ClFN2O5S. The molecule has 0 aliphatic heterocycles. The molecule has 0 fully saturated rings. The van der Waals surface area contributed by atoms with Crippen LogP contribution in [-0.2, 0) is 19.6 Å². The van der Waals surface area contributed by atoms with Crippen molar-refractivity contribution in [3.8, 4) is 0 Å². The molecule has 0 spiro atoms. The van der Waals surface area contributed by atoms with Crippen molar-refractivity contribution < 1.29 is 27.1 Å². The van der Waals surface area contributed by atoms with Crippen LogP contribution in [0.2, 0.25) is 5.02 Å². The highest BCUT2D eigenvalue weighted by molar-refractivity contribution is 7.92. The topological polar surface area (TPSA) is 102 Å². The molecule has 0 saturated heterocycles. The third-order valence-electron chi connectivity index (χ3n) is 3.59. The maximum absolute atomic E-state index is 13.2. The predicted octanol–water partition coefficient (Wildman–Crippen LogP) is 2.96. The number of rotatable bonds is 7. The van der Waals surface area contributed by atoms with Gasteiger partial charge in [-0.3, -0.25) is 9.52 Å². The summed E-state index contributed by atoms with van der Waals surface area (Å²) in [5, 5.41) is 2.17. The number of carbonyl (C=O) groups excluding carboxylic acids is 2. The summed E-state index contributed by atoms with van der Waals surface area (Å²) in [4.78, 5) is 23.5. The molecule has 1 unspecified atom stereocenters. The Morgan fingerprint density at radius 2 is 1.82 bits per heavy atom. The lowest BCUT2D eigenvalue weighted by Gasteiger charge is -2.13. The fourth-order valence-electron chi connectivity index (χ4n) is 2.15. The number of anilines is 1. The molecule has 10 heteroatoms. The largest absolute Gasteiger partial charge is 0.464 e. The molecule has 0 bridgehead atoms. The van der Waals surface area contributed by atoms with E-state index in [4.69, 9.17) is 16.3 Å². The van der Waals surface area contributed by atoms with Crippen LogP contribution in [0.25, 0.3) is 0 Å². The standard InChI is InChI=1S/C18H18ClFN2O5S/c1-3-27-18(24)11(2)21-17(23)12-4-6-13(7-5-12)22-28(25,26)14-8-9-16(20)15(19)10-14/h4-11,22H,3H2,1-2H3,(H,21,23). The first kappa shape index (κ1) is 21.6. The molecule has 28 heavy (non-hydrogen) atoms. The van der Waals surface area contributed by atoms with E-state index in [2.05, 4.69) is 10.0 Å². The van der Waals surface area contributed by atoms with Crippen molar-refractivity contribution in [2.75, 3.05) is 11.3 Å². The number of carbonyl (C=O) groups is 2. The van der Waals surface area contributed by atoms with Crippen molar-refractivity contribution in [1.82, 2.24) is 5.32 Å². The predicted molar refractivity (Wildman–Crippen MR) is 102 cm³/mol. The first-order valence-electron chi connectivity index (χ1n) is 8.19. The molecular weight excluding hydrogens is 411 g/mol. The molecule has 0 aliphatic rings. The van der Waals surface area contributed by atoms with Crippen molar-refractivity contribution in [2.24, 2.45) is 0 Å². The highest BCUT2D eigenvalue weighted by atomic mass is 35.5. The van der Waals surface area contributed by atoms with Crippen LogP contribution in [0.15, 0.2) is 47.4 Å². The Balaban J connectivity index is 2.08. The van der Waals surface area contributed by atoms with E-state index in [1.807, 2.05) is 0 Å². The van der Waals surface area contributed by atoms with E-state index >= 15 is 0 Å². The Morgan fingerprint density at radius 1 is 1.18 bits per heavy atom. The Bertz CT molecular complexity index is 980. The lowest BCUT2D eigenvalue weighted by Crippen LogP contribution is -2.39. The van der Waals surface area contributed by atoms with E-state index in [1.54, 1.807) is 6.92 Å². The highest BCUT2D eigenvalue weighted by Gasteiger charge is 2.19. The number of sulfonamides is 1. The van der Waals surface area contributed by atoms with E-state index in [0.717, 1.165) is 18.2 Å². The summed E-state index contributed by atoms with van der Waals surface area (Å²) in [6.07, 6.45) is 0. The SMILES string of the molecule is CCOC(=O)C(C)NC(=O)c1ccc(NS(=O)(=O)c2ccc(F)c(Cl)c2)cc1. The van der Waals surface area contributed by atoms with Crippen molar-refractivity contribution in [3.05, 3.63) is 58.9 Å². The van der Waals surface area contributed by atoms with E-state index in [9.17, 15) is 22.4 Å². The molecule has 1 amide bonds. The van der Waals surface area contributed by atoms with Gasteiger partial charge in [0.25, 0.3) is 15.9 Å². The molecule has 0 aromatic heterocycles. The Labute approximate surface area is 166 Å². The Kier molecular flexibility index (Phi) is 6.98. The molecule has 2 aromatic carbocycles. The molecule has 150 valence electrons. The van der Waals surface area contributed by atoms with Crippen molar-refractivity contribution in [2.45, 2.75) is 24.8 Å². The molecule has 1 atom stereocenters. The van der Waals surface area contributed by atoms with Gasteiger partial charge in [0.05, 0.1) is 16.5 Å².